The second kappa shape index (κ2) is 7.42. The molecular weight excluding hydrogens is 272 g/mol. The van der Waals surface area contributed by atoms with E-state index in [-0.39, 0.29) is 5.56 Å². The zero-order valence-electron chi connectivity index (χ0n) is 12.4. The van der Waals surface area contributed by atoms with Crippen molar-refractivity contribution < 1.29 is 19.4 Å². The lowest BCUT2D eigenvalue weighted by molar-refractivity contribution is 0.0528. The fourth-order valence-electron chi connectivity index (χ4n) is 1.52. The number of rotatable bonds is 5. The molecule has 1 aromatic rings. The van der Waals surface area contributed by atoms with Crippen molar-refractivity contribution in [2.75, 3.05) is 6.54 Å². The summed E-state index contributed by atoms with van der Waals surface area (Å²) in [6.07, 6.45) is 6.47. The van der Waals surface area contributed by atoms with Gasteiger partial charge in [-0.15, -0.1) is 0 Å². The standard InChI is InChI=1S/C15H20N2O4/c1-15(2,3)21-14(20)17-8-5-4-6-11-10-16-9-7-12(11)13(18)19/h4,6-7,9-10H,5,8H2,1-3H3,(H,17,20)(H,18,19). The van der Waals surface area contributed by atoms with Crippen LogP contribution < -0.4 is 5.32 Å². The molecule has 0 spiro atoms. The minimum absolute atomic E-state index is 0.196. The summed E-state index contributed by atoms with van der Waals surface area (Å²) in [6, 6.07) is 1.45. The lowest BCUT2D eigenvalue weighted by Crippen LogP contribution is -2.32. The van der Waals surface area contributed by atoms with Gasteiger partial charge < -0.3 is 15.2 Å². The average molecular weight is 292 g/mol. The smallest absolute Gasteiger partial charge is 0.407 e. The van der Waals surface area contributed by atoms with Crippen LogP contribution in [0.25, 0.3) is 6.08 Å². The topological polar surface area (TPSA) is 88.5 Å². The number of ether oxygens (including phenoxy) is 1. The predicted molar refractivity (Wildman–Crippen MR) is 79.1 cm³/mol. The van der Waals surface area contributed by atoms with Crippen molar-refractivity contribution in [2.45, 2.75) is 32.8 Å². The van der Waals surface area contributed by atoms with Gasteiger partial charge in [0.15, 0.2) is 0 Å². The Morgan fingerprint density at radius 1 is 1.43 bits per heavy atom. The van der Waals surface area contributed by atoms with Crippen molar-refractivity contribution in [3.63, 3.8) is 0 Å². The van der Waals surface area contributed by atoms with E-state index in [9.17, 15) is 9.59 Å². The van der Waals surface area contributed by atoms with Gasteiger partial charge in [0.1, 0.15) is 5.60 Å². The first-order chi connectivity index (χ1) is 9.79. The van der Waals surface area contributed by atoms with Crippen LogP contribution in [0.4, 0.5) is 4.79 Å². The summed E-state index contributed by atoms with van der Waals surface area (Å²) in [5.41, 5.74) is 0.204. The van der Waals surface area contributed by atoms with E-state index in [1.54, 1.807) is 32.9 Å². The molecule has 0 radical (unpaired) electrons. The molecule has 1 heterocycles. The normalized spacial score (nSPS) is 11.4. The molecule has 0 fully saturated rings. The molecule has 1 rings (SSSR count). The van der Waals surface area contributed by atoms with Gasteiger partial charge in [-0.1, -0.05) is 12.2 Å². The molecule has 6 heteroatoms. The minimum atomic E-state index is -0.996. The van der Waals surface area contributed by atoms with E-state index in [1.807, 2.05) is 0 Å². The molecule has 114 valence electrons. The summed E-state index contributed by atoms with van der Waals surface area (Å²) >= 11 is 0. The van der Waals surface area contributed by atoms with Crippen LogP contribution >= 0.6 is 0 Å². The summed E-state index contributed by atoms with van der Waals surface area (Å²) in [5, 5.41) is 11.6. The predicted octanol–water partition coefficient (Wildman–Crippen LogP) is 2.71. The van der Waals surface area contributed by atoms with Crippen molar-refractivity contribution >= 4 is 18.1 Å². The van der Waals surface area contributed by atoms with E-state index < -0.39 is 17.7 Å². The van der Waals surface area contributed by atoms with E-state index in [4.69, 9.17) is 9.84 Å². The molecule has 0 unspecified atom stereocenters. The highest BCUT2D eigenvalue weighted by molar-refractivity contribution is 5.91. The largest absolute Gasteiger partial charge is 0.478 e. The fourth-order valence-corrected chi connectivity index (χ4v) is 1.52. The number of aromatic nitrogens is 1. The number of hydrogen-bond acceptors (Lipinski definition) is 4. The number of carboxylic acid groups (broad SMARTS) is 1. The van der Waals surface area contributed by atoms with Crippen LogP contribution in [-0.2, 0) is 4.74 Å². The molecule has 0 saturated heterocycles. The van der Waals surface area contributed by atoms with Gasteiger partial charge in [-0.25, -0.2) is 9.59 Å². The van der Waals surface area contributed by atoms with Crippen LogP contribution in [0, 0.1) is 0 Å². The Kier molecular flexibility index (Phi) is 5.90. The third kappa shape index (κ3) is 6.56. The molecule has 0 bridgehead atoms. The highest BCUT2D eigenvalue weighted by atomic mass is 16.6. The first kappa shape index (κ1) is 16.7. The maximum absolute atomic E-state index is 11.4. The van der Waals surface area contributed by atoms with Crippen molar-refractivity contribution in [2.24, 2.45) is 0 Å². The van der Waals surface area contributed by atoms with Crippen molar-refractivity contribution in [1.29, 1.82) is 0 Å². The number of aromatic carboxylic acids is 1. The molecule has 2 N–H and O–H groups in total. The van der Waals surface area contributed by atoms with E-state index in [0.29, 0.717) is 18.5 Å². The second-order valence-corrected chi connectivity index (χ2v) is 5.39. The van der Waals surface area contributed by atoms with Gasteiger partial charge in [0, 0.05) is 24.5 Å². The zero-order valence-corrected chi connectivity index (χ0v) is 12.4. The summed E-state index contributed by atoms with van der Waals surface area (Å²) in [7, 11) is 0. The minimum Gasteiger partial charge on any atom is -0.478 e. The van der Waals surface area contributed by atoms with Crippen LogP contribution in [0.15, 0.2) is 24.5 Å². The number of carboxylic acids is 1. The number of alkyl carbamates (subject to hydrolysis) is 1. The van der Waals surface area contributed by atoms with Gasteiger partial charge in [0.25, 0.3) is 0 Å². The Morgan fingerprint density at radius 3 is 2.76 bits per heavy atom. The molecular formula is C15H20N2O4. The van der Waals surface area contributed by atoms with Gasteiger partial charge >= 0.3 is 12.1 Å². The number of amides is 1. The Labute approximate surface area is 123 Å². The van der Waals surface area contributed by atoms with Gasteiger partial charge in [-0.05, 0) is 33.3 Å². The maximum Gasteiger partial charge on any atom is 0.407 e. The van der Waals surface area contributed by atoms with E-state index >= 15 is 0 Å². The molecule has 0 aromatic carbocycles. The van der Waals surface area contributed by atoms with E-state index in [1.165, 1.54) is 18.5 Å². The molecule has 1 amide bonds. The van der Waals surface area contributed by atoms with Crippen molar-refractivity contribution in [3.8, 4) is 0 Å². The molecule has 0 atom stereocenters. The summed E-state index contributed by atoms with van der Waals surface area (Å²) in [6.45, 7) is 5.79. The number of carbonyl (C=O) groups excluding carboxylic acids is 1. The summed E-state index contributed by atoms with van der Waals surface area (Å²) < 4.78 is 5.09. The maximum atomic E-state index is 11.4. The Balaban J connectivity index is 2.43. The number of nitrogens with zero attached hydrogens (tertiary/aromatic N) is 1. The first-order valence-corrected chi connectivity index (χ1v) is 6.60. The molecule has 0 aliphatic carbocycles. The molecule has 0 aliphatic rings. The van der Waals surface area contributed by atoms with Crippen molar-refractivity contribution in [3.05, 3.63) is 35.7 Å². The molecule has 0 aliphatic heterocycles. The number of nitrogens with one attached hydrogen (secondary N) is 1. The Hall–Kier alpha value is -2.37. The van der Waals surface area contributed by atoms with Crippen LogP contribution in [0.1, 0.15) is 43.1 Å². The molecule has 0 saturated carbocycles. The second-order valence-electron chi connectivity index (χ2n) is 5.39. The van der Waals surface area contributed by atoms with Crippen molar-refractivity contribution in [1.82, 2.24) is 10.3 Å². The first-order valence-electron chi connectivity index (χ1n) is 6.60. The van der Waals surface area contributed by atoms with Crippen LogP contribution in [0.5, 0.6) is 0 Å². The highest BCUT2D eigenvalue weighted by Crippen LogP contribution is 2.09. The Morgan fingerprint density at radius 2 is 2.14 bits per heavy atom. The van der Waals surface area contributed by atoms with Gasteiger partial charge in [-0.2, -0.15) is 0 Å². The zero-order chi connectivity index (χ0) is 15.9. The van der Waals surface area contributed by atoms with Gasteiger partial charge in [0.2, 0.25) is 0 Å². The van der Waals surface area contributed by atoms with E-state index in [2.05, 4.69) is 10.3 Å². The monoisotopic (exact) mass is 292 g/mol. The third-order valence-corrected chi connectivity index (χ3v) is 2.36. The molecule has 6 nitrogen and oxygen atoms in total. The van der Waals surface area contributed by atoms with Gasteiger partial charge in [-0.3, -0.25) is 4.98 Å². The third-order valence-electron chi connectivity index (χ3n) is 2.36. The van der Waals surface area contributed by atoms with E-state index in [0.717, 1.165) is 0 Å². The van der Waals surface area contributed by atoms with Crippen LogP contribution in [0.2, 0.25) is 0 Å². The number of hydrogen-bond donors (Lipinski definition) is 2. The van der Waals surface area contributed by atoms with Crippen LogP contribution in [0.3, 0.4) is 0 Å². The number of carbonyl (C=O) groups is 2. The quantitative estimate of drug-likeness (QED) is 0.814. The number of pyridine rings is 1. The summed E-state index contributed by atoms with van der Waals surface area (Å²) in [4.78, 5) is 26.3. The summed E-state index contributed by atoms with van der Waals surface area (Å²) in [5.74, 6) is -0.996. The lowest BCUT2D eigenvalue weighted by Gasteiger charge is -2.19. The lowest BCUT2D eigenvalue weighted by atomic mass is 10.1. The van der Waals surface area contributed by atoms with Crippen LogP contribution in [-0.4, -0.2) is 34.3 Å². The molecule has 1 aromatic heterocycles. The molecule has 21 heavy (non-hydrogen) atoms. The average Bonchev–Trinajstić information content (AvgIpc) is 2.36. The Bertz CT molecular complexity index is 533. The highest BCUT2D eigenvalue weighted by Gasteiger charge is 2.15. The SMILES string of the molecule is CC(C)(C)OC(=O)NCCC=Cc1cnccc1C(=O)O. The fraction of sp³-hybridized carbons (Fsp3) is 0.400. The van der Waals surface area contributed by atoms with Gasteiger partial charge in [0.05, 0.1) is 5.56 Å².